The molecule has 6 heteroatoms. The third kappa shape index (κ3) is 4.82. The number of aromatic nitrogens is 1. The number of unbranched alkanes of at least 4 members (excludes halogenated alkanes) is 2. The normalized spacial score (nSPS) is 10.8. The SMILES string of the molecule is CCCCCC(=O)Nc1cccc2c1ccn2Cc1ccc(C(=O)OC)cc1OC. The van der Waals surface area contributed by atoms with E-state index in [2.05, 4.69) is 16.8 Å². The number of rotatable bonds is 9. The number of benzene rings is 2. The molecule has 30 heavy (non-hydrogen) atoms. The lowest BCUT2D eigenvalue weighted by Gasteiger charge is -2.12. The highest BCUT2D eigenvalue weighted by Gasteiger charge is 2.13. The fourth-order valence-corrected chi connectivity index (χ4v) is 3.52. The number of anilines is 1. The summed E-state index contributed by atoms with van der Waals surface area (Å²) in [4.78, 5) is 24.0. The minimum Gasteiger partial charge on any atom is -0.496 e. The Kier molecular flexibility index (Phi) is 7.12. The molecule has 0 saturated carbocycles. The van der Waals surface area contributed by atoms with E-state index in [-0.39, 0.29) is 5.91 Å². The molecule has 0 saturated heterocycles. The molecule has 1 N–H and O–H groups in total. The van der Waals surface area contributed by atoms with Gasteiger partial charge in [-0.1, -0.05) is 31.9 Å². The molecule has 0 aliphatic carbocycles. The Morgan fingerprint density at radius 1 is 1.07 bits per heavy atom. The molecule has 158 valence electrons. The van der Waals surface area contributed by atoms with Crippen LogP contribution in [-0.4, -0.2) is 30.7 Å². The van der Waals surface area contributed by atoms with Gasteiger partial charge >= 0.3 is 5.97 Å². The van der Waals surface area contributed by atoms with Gasteiger partial charge in [-0.3, -0.25) is 4.79 Å². The van der Waals surface area contributed by atoms with E-state index in [1.54, 1.807) is 19.2 Å². The molecule has 6 nitrogen and oxygen atoms in total. The molecule has 0 radical (unpaired) electrons. The molecule has 0 aliphatic heterocycles. The highest BCUT2D eigenvalue weighted by molar-refractivity contribution is 6.01. The van der Waals surface area contributed by atoms with Gasteiger partial charge in [0, 0.05) is 23.6 Å². The first-order valence-electron chi connectivity index (χ1n) is 10.2. The summed E-state index contributed by atoms with van der Waals surface area (Å²) in [6.07, 6.45) is 5.58. The van der Waals surface area contributed by atoms with E-state index in [0.717, 1.165) is 41.4 Å². The molecule has 0 spiro atoms. The van der Waals surface area contributed by atoms with Gasteiger partial charge in [0.2, 0.25) is 5.91 Å². The van der Waals surface area contributed by atoms with Crippen LogP contribution in [0.15, 0.2) is 48.7 Å². The monoisotopic (exact) mass is 408 g/mol. The van der Waals surface area contributed by atoms with Crippen LogP contribution in [0, 0.1) is 0 Å². The van der Waals surface area contributed by atoms with E-state index in [1.807, 2.05) is 36.5 Å². The highest BCUT2D eigenvalue weighted by atomic mass is 16.5. The fraction of sp³-hybridized carbons (Fsp3) is 0.333. The maximum atomic E-state index is 12.3. The van der Waals surface area contributed by atoms with Crippen LogP contribution in [0.4, 0.5) is 5.69 Å². The average molecular weight is 408 g/mol. The number of carbonyl (C=O) groups is 2. The summed E-state index contributed by atoms with van der Waals surface area (Å²) in [5, 5.41) is 4.03. The van der Waals surface area contributed by atoms with Gasteiger partial charge in [0.1, 0.15) is 5.75 Å². The van der Waals surface area contributed by atoms with Gasteiger partial charge in [0.15, 0.2) is 0 Å². The smallest absolute Gasteiger partial charge is 0.337 e. The number of amides is 1. The zero-order valence-corrected chi connectivity index (χ0v) is 17.7. The van der Waals surface area contributed by atoms with E-state index in [4.69, 9.17) is 9.47 Å². The van der Waals surface area contributed by atoms with Gasteiger partial charge in [0.25, 0.3) is 0 Å². The third-order valence-corrected chi connectivity index (χ3v) is 5.14. The van der Waals surface area contributed by atoms with Crippen molar-refractivity contribution >= 4 is 28.5 Å². The Labute approximate surface area is 176 Å². The van der Waals surface area contributed by atoms with E-state index >= 15 is 0 Å². The van der Waals surface area contributed by atoms with E-state index in [9.17, 15) is 9.59 Å². The molecular formula is C24H28N2O4. The van der Waals surface area contributed by atoms with Crippen molar-refractivity contribution in [1.29, 1.82) is 0 Å². The summed E-state index contributed by atoms with van der Waals surface area (Å²) in [5.41, 5.74) is 3.22. The Balaban J connectivity index is 1.83. The molecule has 3 aromatic rings. The number of hydrogen-bond acceptors (Lipinski definition) is 4. The summed E-state index contributed by atoms with van der Waals surface area (Å²) in [5.74, 6) is 0.273. The van der Waals surface area contributed by atoms with Crippen molar-refractivity contribution in [3.05, 3.63) is 59.8 Å². The van der Waals surface area contributed by atoms with Crippen molar-refractivity contribution in [1.82, 2.24) is 4.57 Å². The number of esters is 1. The Morgan fingerprint density at radius 3 is 2.63 bits per heavy atom. The van der Waals surface area contributed by atoms with Crippen LogP contribution in [-0.2, 0) is 16.1 Å². The van der Waals surface area contributed by atoms with Crippen LogP contribution in [0.25, 0.3) is 10.9 Å². The molecule has 3 rings (SSSR count). The lowest BCUT2D eigenvalue weighted by Crippen LogP contribution is -2.11. The number of nitrogens with one attached hydrogen (secondary N) is 1. The van der Waals surface area contributed by atoms with Crippen molar-refractivity contribution in [3.63, 3.8) is 0 Å². The second-order valence-corrected chi connectivity index (χ2v) is 7.21. The van der Waals surface area contributed by atoms with Crippen molar-refractivity contribution < 1.29 is 19.1 Å². The number of nitrogens with zero attached hydrogens (tertiary/aromatic N) is 1. The Hall–Kier alpha value is -3.28. The first-order valence-corrected chi connectivity index (χ1v) is 10.2. The fourth-order valence-electron chi connectivity index (χ4n) is 3.52. The maximum Gasteiger partial charge on any atom is 0.337 e. The first-order chi connectivity index (χ1) is 14.6. The predicted molar refractivity (Wildman–Crippen MR) is 118 cm³/mol. The number of hydrogen-bond donors (Lipinski definition) is 1. The number of fused-ring (bicyclic) bond motifs is 1. The number of ether oxygens (including phenoxy) is 2. The second kappa shape index (κ2) is 9.96. The van der Waals surface area contributed by atoms with Crippen molar-refractivity contribution in [3.8, 4) is 5.75 Å². The maximum absolute atomic E-state index is 12.3. The Bertz CT molecular complexity index is 1040. The highest BCUT2D eigenvalue weighted by Crippen LogP contribution is 2.28. The van der Waals surface area contributed by atoms with E-state index < -0.39 is 5.97 Å². The topological polar surface area (TPSA) is 69.6 Å². The van der Waals surface area contributed by atoms with Gasteiger partial charge in [-0.2, -0.15) is 0 Å². The summed E-state index contributed by atoms with van der Waals surface area (Å²) >= 11 is 0. The minimum absolute atomic E-state index is 0.0452. The molecule has 2 aromatic carbocycles. The van der Waals surface area contributed by atoms with Crippen LogP contribution in [0.1, 0.15) is 48.5 Å². The quantitative estimate of drug-likeness (QED) is 0.399. The zero-order valence-electron chi connectivity index (χ0n) is 17.7. The predicted octanol–water partition coefficient (Wildman–Crippen LogP) is 5.00. The van der Waals surface area contributed by atoms with Gasteiger partial charge in [-0.25, -0.2) is 4.79 Å². The molecular weight excluding hydrogens is 380 g/mol. The molecule has 0 aliphatic rings. The first kappa shape index (κ1) is 21.4. The van der Waals surface area contributed by atoms with Crippen molar-refractivity contribution in [2.45, 2.75) is 39.2 Å². The Morgan fingerprint density at radius 2 is 1.90 bits per heavy atom. The molecule has 0 fully saturated rings. The van der Waals surface area contributed by atoms with E-state index in [1.165, 1.54) is 7.11 Å². The third-order valence-electron chi connectivity index (χ3n) is 5.14. The lowest BCUT2D eigenvalue weighted by molar-refractivity contribution is -0.116. The molecule has 1 amide bonds. The summed E-state index contributed by atoms with van der Waals surface area (Å²) in [7, 11) is 2.94. The van der Waals surface area contributed by atoms with Gasteiger partial charge in [0.05, 0.1) is 37.5 Å². The minimum atomic E-state index is -0.398. The van der Waals surface area contributed by atoms with Crippen molar-refractivity contribution in [2.75, 3.05) is 19.5 Å². The van der Waals surface area contributed by atoms with Crippen molar-refractivity contribution in [2.24, 2.45) is 0 Å². The molecule has 0 unspecified atom stereocenters. The number of carbonyl (C=O) groups excluding carboxylic acids is 2. The van der Waals surface area contributed by atoms with Crippen LogP contribution < -0.4 is 10.1 Å². The van der Waals surface area contributed by atoms with Crippen LogP contribution >= 0.6 is 0 Å². The summed E-state index contributed by atoms with van der Waals surface area (Å²) in [6.45, 7) is 2.70. The van der Waals surface area contributed by atoms with Crippen LogP contribution in [0.3, 0.4) is 0 Å². The van der Waals surface area contributed by atoms with E-state index in [0.29, 0.717) is 24.3 Å². The number of methoxy groups -OCH3 is 2. The molecule has 0 bridgehead atoms. The zero-order chi connectivity index (χ0) is 21.5. The largest absolute Gasteiger partial charge is 0.496 e. The van der Waals surface area contributed by atoms with Gasteiger partial charge < -0.3 is 19.4 Å². The second-order valence-electron chi connectivity index (χ2n) is 7.21. The molecule has 1 heterocycles. The molecule has 0 atom stereocenters. The summed E-state index contributed by atoms with van der Waals surface area (Å²) in [6, 6.07) is 13.2. The van der Waals surface area contributed by atoms with Crippen LogP contribution in [0.2, 0.25) is 0 Å². The standard InChI is InChI=1S/C24H28N2O4/c1-4-5-6-10-23(27)25-20-8-7-9-21-19(20)13-14-26(21)16-18-12-11-17(24(28)30-3)15-22(18)29-2/h7-9,11-15H,4-6,10,16H2,1-3H3,(H,25,27). The average Bonchev–Trinajstić information content (AvgIpc) is 3.17. The molecule has 1 aromatic heterocycles. The van der Waals surface area contributed by atoms with Gasteiger partial charge in [-0.05, 0) is 36.8 Å². The lowest BCUT2D eigenvalue weighted by atomic mass is 10.1. The van der Waals surface area contributed by atoms with Gasteiger partial charge in [-0.15, -0.1) is 0 Å². The summed E-state index contributed by atoms with van der Waals surface area (Å²) < 4.78 is 12.4. The van der Waals surface area contributed by atoms with Crippen LogP contribution in [0.5, 0.6) is 5.75 Å².